The van der Waals surface area contributed by atoms with Gasteiger partial charge in [0.15, 0.2) is 24.6 Å². The highest BCUT2D eigenvalue weighted by atomic mass is 16.7. The van der Waals surface area contributed by atoms with Gasteiger partial charge in [-0.1, -0.05) is 290 Å². The third-order valence-electron chi connectivity index (χ3n) is 15.2. The molecule has 0 spiro atoms. The molecule has 0 bridgehead atoms. The second-order valence-electron chi connectivity index (χ2n) is 22.4. The Labute approximate surface area is 459 Å². The lowest BCUT2D eigenvalue weighted by molar-refractivity contribution is -0.301. The molecule has 0 aromatic carbocycles. The van der Waals surface area contributed by atoms with E-state index in [1.54, 1.807) is 0 Å². The Morgan fingerprint density at radius 2 is 0.680 bits per heavy atom. The van der Waals surface area contributed by atoms with Crippen LogP contribution in [0.1, 0.15) is 329 Å². The van der Waals surface area contributed by atoms with Gasteiger partial charge in [0.1, 0.15) is 18.8 Å². The maximum absolute atomic E-state index is 13.2. The van der Waals surface area contributed by atoms with Crippen LogP contribution in [0.15, 0.2) is 0 Å². The molecule has 0 aliphatic carbocycles. The first-order chi connectivity index (χ1) is 36.6. The number of carboxylic acids is 1. The Bertz CT molecular complexity index is 1310. The van der Waals surface area contributed by atoms with E-state index in [0.717, 1.165) is 57.8 Å². The highest BCUT2D eigenvalue weighted by molar-refractivity contribution is 5.74. The van der Waals surface area contributed by atoms with Crippen LogP contribution in [0.3, 0.4) is 0 Å². The molecule has 1 fully saturated rings. The molecule has 3 N–H and O–H groups in total. The largest absolute Gasteiger partial charge is 0.479 e. The topological polar surface area (TPSA) is 175 Å². The summed E-state index contributed by atoms with van der Waals surface area (Å²) >= 11 is 0. The molecule has 12 nitrogen and oxygen atoms in total. The summed E-state index contributed by atoms with van der Waals surface area (Å²) in [6.07, 6.45) is 44.9. The zero-order valence-corrected chi connectivity index (χ0v) is 48.8. The number of aliphatic carboxylic acids is 1. The molecule has 1 heterocycles. The van der Waals surface area contributed by atoms with E-state index in [0.29, 0.717) is 19.3 Å². The minimum absolute atomic E-state index is 0.0705. The SMILES string of the molecule is CCCCCCCCCCCCCCCCCCCC(=O)OCC(COC1OC(C(=O)O)C(O)C(O)C1OC(=O)CCCCCCCCCCCCCCC)OC(=O)CCCCCCCCCCCCCCCCC. The molecular weight excluding hydrogens is 949 g/mol. The van der Waals surface area contributed by atoms with Gasteiger partial charge in [0, 0.05) is 19.3 Å². The zero-order valence-electron chi connectivity index (χ0n) is 48.8. The molecule has 1 aliphatic rings. The van der Waals surface area contributed by atoms with E-state index < -0.39 is 67.3 Å². The van der Waals surface area contributed by atoms with Crippen LogP contribution >= 0.6 is 0 Å². The van der Waals surface area contributed by atoms with E-state index in [4.69, 9.17) is 23.7 Å². The number of aliphatic hydroxyl groups excluding tert-OH is 2. The number of carboxylic acid groups (broad SMARTS) is 1. The van der Waals surface area contributed by atoms with E-state index >= 15 is 0 Å². The molecule has 1 aliphatic heterocycles. The minimum atomic E-state index is -1.89. The molecule has 0 amide bonds. The minimum Gasteiger partial charge on any atom is -0.479 e. The van der Waals surface area contributed by atoms with Crippen LogP contribution in [-0.4, -0.2) is 89.2 Å². The Morgan fingerprint density at radius 3 is 1.00 bits per heavy atom. The summed E-state index contributed by atoms with van der Waals surface area (Å²) in [5.41, 5.74) is 0. The molecule has 1 rings (SSSR count). The van der Waals surface area contributed by atoms with Crippen molar-refractivity contribution in [2.75, 3.05) is 13.2 Å². The van der Waals surface area contributed by atoms with Crippen LogP contribution in [0.5, 0.6) is 0 Å². The van der Waals surface area contributed by atoms with E-state index in [9.17, 15) is 34.5 Å². The van der Waals surface area contributed by atoms with Gasteiger partial charge in [-0.2, -0.15) is 0 Å². The summed E-state index contributed by atoms with van der Waals surface area (Å²) in [6, 6.07) is 0. The van der Waals surface area contributed by atoms with Gasteiger partial charge in [0.2, 0.25) is 0 Å². The molecule has 75 heavy (non-hydrogen) atoms. The molecule has 442 valence electrons. The van der Waals surface area contributed by atoms with Gasteiger partial charge in [-0.3, -0.25) is 14.4 Å². The van der Waals surface area contributed by atoms with Crippen molar-refractivity contribution < 1.29 is 58.2 Å². The standard InChI is InChI=1S/C63H118O12/c1-4-7-10-13-16-19-22-25-27-28-30-32-34-37-40-43-46-49-55(64)71-52-54(73-56(65)50-47-44-41-38-36-33-29-26-23-20-17-14-11-8-5-2)53-72-63-61(59(68)58(67)60(75-63)62(69)70)74-57(66)51-48-45-42-39-35-31-24-21-18-15-12-9-6-3/h54,58-61,63,67-68H,4-53H2,1-3H3,(H,69,70). The Morgan fingerprint density at radius 1 is 0.387 bits per heavy atom. The van der Waals surface area contributed by atoms with Crippen molar-refractivity contribution >= 4 is 23.9 Å². The van der Waals surface area contributed by atoms with Gasteiger partial charge in [-0.15, -0.1) is 0 Å². The predicted octanol–water partition coefficient (Wildman–Crippen LogP) is 16.7. The van der Waals surface area contributed by atoms with Crippen molar-refractivity contribution in [2.45, 2.75) is 366 Å². The fraction of sp³-hybridized carbons (Fsp3) is 0.937. The van der Waals surface area contributed by atoms with Crippen molar-refractivity contribution in [3.8, 4) is 0 Å². The molecule has 0 aromatic heterocycles. The molecule has 6 unspecified atom stereocenters. The van der Waals surface area contributed by atoms with Crippen LogP contribution in [0.4, 0.5) is 0 Å². The van der Waals surface area contributed by atoms with Crippen LogP contribution in [0.25, 0.3) is 0 Å². The molecule has 0 aromatic rings. The maximum Gasteiger partial charge on any atom is 0.335 e. The summed E-state index contributed by atoms with van der Waals surface area (Å²) in [4.78, 5) is 51.2. The lowest BCUT2D eigenvalue weighted by atomic mass is 9.98. The molecule has 0 saturated carbocycles. The van der Waals surface area contributed by atoms with Crippen LogP contribution in [0.2, 0.25) is 0 Å². The Hall–Kier alpha value is -2.28. The smallest absolute Gasteiger partial charge is 0.335 e. The molecule has 6 atom stereocenters. The van der Waals surface area contributed by atoms with E-state index in [2.05, 4.69) is 20.8 Å². The second kappa shape index (κ2) is 52.4. The fourth-order valence-electron chi connectivity index (χ4n) is 10.3. The van der Waals surface area contributed by atoms with Gasteiger partial charge in [-0.25, -0.2) is 4.79 Å². The van der Waals surface area contributed by atoms with Gasteiger partial charge >= 0.3 is 23.9 Å². The number of hydrogen-bond acceptors (Lipinski definition) is 11. The predicted molar refractivity (Wildman–Crippen MR) is 304 cm³/mol. The summed E-state index contributed by atoms with van der Waals surface area (Å²) in [7, 11) is 0. The number of hydrogen-bond donors (Lipinski definition) is 3. The molecule has 0 radical (unpaired) electrons. The number of unbranched alkanes of at least 4 members (excludes halogenated alkanes) is 42. The Balaban J connectivity index is 2.64. The number of ether oxygens (including phenoxy) is 5. The lowest BCUT2D eigenvalue weighted by Gasteiger charge is -2.40. The number of carbonyl (C=O) groups is 4. The average Bonchev–Trinajstić information content (AvgIpc) is 3.39. The molecule has 1 saturated heterocycles. The highest BCUT2D eigenvalue weighted by Crippen LogP contribution is 2.27. The van der Waals surface area contributed by atoms with Crippen molar-refractivity contribution in [1.82, 2.24) is 0 Å². The first-order valence-electron chi connectivity index (χ1n) is 32.0. The van der Waals surface area contributed by atoms with Crippen molar-refractivity contribution in [3.63, 3.8) is 0 Å². The van der Waals surface area contributed by atoms with E-state index in [-0.39, 0.29) is 25.9 Å². The van der Waals surface area contributed by atoms with Gasteiger partial charge in [-0.05, 0) is 19.3 Å². The van der Waals surface area contributed by atoms with Crippen LogP contribution in [0, 0.1) is 0 Å². The monoisotopic (exact) mass is 1070 g/mol. The number of esters is 3. The first kappa shape index (κ1) is 70.7. The number of carbonyl (C=O) groups excluding carboxylic acids is 3. The first-order valence-corrected chi connectivity index (χ1v) is 32.0. The second-order valence-corrected chi connectivity index (χ2v) is 22.4. The van der Waals surface area contributed by atoms with Crippen molar-refractivity contribution in [2.24, 2.45) is 0 Å². The van der Waals surface area contributed by atoms with Crippen LogP contribution in [-0.2, 0) is 42.9 Å². The van der Waals surface area contributed by atoms with Crippen LogP contribution < -0.4 is 0 Å². The average molecular weight is 1070 g/mol. The quantitative estimate of drug-likeness (QED) is 0.0299. The van der Waals surface area contributed by atoms with Gasteiger partial charge in [0.25, 0.3) is 0 Å². The summed E-state index contributed by atoms with van der Waals surface area (Å²) in [5, 5.41) is 31.5. The fourth-order valence-corrected chi connectivity index (χ4v) is 10.3. The summed E-state index contributed by atoms with van der Waals surface area (Å²) < 4.78 is 28.5. The number of aliphatic hydroxyl groups is 2. The maximum atomic E-state index is 13.2. The molecule has 12 heteroatoms. The third kappa shape index (κ3) is 42.4. The number of rotatable bonds is 56. The van der Waals surface area contributed by atoms with Crippen molar-refractivity contribution in [3.05, 3.63) is 0 Å². The van der Waals surface area contributed by atoms with Gasteiger partial charge in [0.05, 0.1) is 6.61 Å². The Kier molecular flexibility index (Phi) is 49.4. The normalized spacial score (nSPS) is 18.0. The molecular formula is C63H118O12. The lowest BCUT2D eigenvalue weighted by Crippen LogP contribution is -2.61. The summed E-state index contributed by atoms with van der Waals surface area (Å²) in [6.45, 7) is 6.05. The van der Waals surface area contributed by atoms with Crippen molar-refractivity contribution in [1.29, 1.82) is 0 Å². The van der Waals surface area contributed by atoms with E-state index in [1.165, 1.54) is 212 Å². The van der Waals surface area contributed by atoms with Gasteiger partial charge < -0.3 is 39.0 Å². The zero-order chi connectivity index (χ0) is 54.7. The van der Waals surface area contributed by atoms with E-state index in [1.807, 2.05) is 0 Å². The summed E-state index contributed by atoms with van der Waals surface area (Å²) in [5.74, 6) is -3.06. The highest BCUT2D eigenvalue weighted by Gasteiger charge is 2.50. The third-order valence-corrected chi connectivity index (χ3v) is 15.2.